The number of rotatable bonds is 1. The minimum absolute atomic E-state index is 0.239. The second-order valence-electron chi connectivity index (χ2n) is 5.13. The van der Waals surface area contributed by atoms with E-state index in [0.29, 0.717) is 0 Å². The van der Waals surface area contributed by atoms with Gasteiger partial charge in [0, 0.05) is 29.8 Å². The van der Waals surface area contributed by atoms with E-state index in [-0.39, 0.29) is 5.54 Å². The maximum absolute atomic E-state index is 6.50. The molecule has 3 nitrogen and oxygen atoms in total. The molecule has 1 aliphatic rings. The van der Waals surface area contributed by atoms with Crippen LogP contribution in [0, 0.1) is 6.92 Å². The van der Waals surface area contributed by atoms with Crippen molar-refractivity contribution in [3.8, 4) is 0 Å². The zero-order chi connectivity index (χ0) is 12.6. The first-order valence-electron chi connectivity index (χ1n) is 6.42. The number of benzene rings is 1. The fourth-order valence-electron chi connectivity index (χ4n) is 2.56. The maximum atomic E-state index is 6.50. The van der Waals surface area contributed by atoms with E-state index in [4.69, 9.17) is 10.5 Å². The van der Waals surface area contributed by atoms with Gasteiger partial charge in [-0.15, -0.1) is 0 Å². The molecule has 94 valence electrons. The van der Waals surface area contributed by atoms with E-state index in [1.54, 1.807) is 0 Å². The molecule has 0 radical (unpaired) electrons. The molecule has 1 aromatic heterocycles. The summed E-state index contributed by atoms with van der Waals surface area (Å²) in [6.07, 6.45) is 1.77. The fourth-order valence-corrected chi connectivity index (χ4v) is 2.56. The number of hydrogen-bond acceptors (Lipinski definition) is 3. The lowest BCUT2D eigenvalue weighted by atomic mass is 9.83. The van der Waals surface area contributed by atoms with Crippen LogP contribution in [-0.4, -0.2) is 18.2 Å². The summed E-state index contributed by atoms with van der Waals surface area (Å²) < 4.78 is 5.40. The van der Waals surface area contributed by atoms with Crippen LogP contribution in [0.2, 0.25) is 0 Å². The van der Waals surface area contributed by atoms with Gasteiger partial charge in [0.05, 0.1) is 5.52 Å². The van der Waals surface area contributed by atoms with E-state index in [0.717, 1.165) is 42.7 Å². The summed E-state index contributed by atoms with van der Waals surface area (Å²) in [5.41, 5.74) is 9.54. The number of aryl methyl sites for hydroxylation is 1. The molecule has 0 bridgehead atoms. The molecule has 0 aliphatic carbocycles. The molecule has 3 heteroatoms. The van der Waals surface area contributed by atoms with Crippen LogP contribution in [0.25, 0.3) is 10.9 Å². The topological polar surface area (TPSA) is 48.1 Å². The van der Waals surface area contributed by atoms with Crippen molar-refractivity contribution in [3.63, 3.8) is 0 Å². The molecule has 18 heavy (non-hydrogen) atoms. The third-order valence-electron chi connectivity index (χ3n) is 3.79. The summed E-state index contributed by atoms with van der Waals surface area (Å²) in [5.74, 6) is 0. The standard InChI is InChI=1S/C15H18N2O/c1-11-2-3-12-10-13(4-5-14(12)17-11)15(16)6-8-18-9-7-15/h2-5,10H,6-9,16H2,1H3. The van der Waals surface area contributed by atoms with Crippen LogP contribution in [-0.2, 0) is 10.3 Å². The van der Waals surface area contributed by atoms with Crippen molar-refractivity contribution in [2.75, 3.05) is 13.2 Å². The van der Waals surface area contributed by atoms with Gasteiger partial charge in [-0.1, -0.05) is 12.1 Å². The van der Waals surface area contributed by atoms with Gasteiger partial charge in [0.25, 0.3) is 0 Å². The van der Waals surface area contributed by atoms with Crippen molar-refractivity contribution in [2.45, 2.75) is 25.3 Å². The molecule has 0 atom stereocenters. The van der Waals surface area contributed by atoms with Gasteiger partial charge in [-0.05, 0) is 43.5 Å². The van der Waals surface area contributed by atoms with Crippen molar-refractivity contribution in [2.24, 2.45) is 5.73 Å². The Morgan fingerprint density at radius 1 is 1.17 bits per heavy atom. The molecular weight excluding hydrogens is 224 g/mol. The number of nitrogens with two attached hydrogens (primary N) is 1. The quantitative estimate of drug-likeness (QED) is 0.836. The van der Waals surface area contributed by atoms with E-state index < -0.39 is 0 Å². The lowest BCUT2D eigenvalue weighted by Gasteiger charge is -2.34. The minimum Gasteiger partial charge on any atom is -0.381 e. The highest BCUT2D eigenvalue weighted by Gasteiger charge is 2.29. The molecular formula is C15H18N2O. The predicted molar refractivity (Wildman–Crippen MR) is 72.4 cm³/mol. The number of ether oxygens (including phenoxy) is 1. The van der Waals surface area contributed by atoms with Crippen molar-refractivity contribution < 1.29 is 4.74 Å². The number of hydrogen-bond donors (Lipinski definition) is 1. The number of fused-ring (bicyclic) bond motifs is 1. The molecule has 1 aromatic carbocycles. The van der Waals surface area contributed by atoms with Gasteiger partial charge < -0.3 is 10.5 Å². The summed E-state index contributed by atoms with van der Waals surface area (Å²) in [7, 11) is 0. The number of pyridine rings is 1. The van der Waals surface area contributed by atoms with Gasteiger partial charge >= 0.3 is 0 Å². The molecule has 1 fully saturated rings. The van der Waals surface area contributed by atoms with E-state index in [1.807, 2.05) is 13.0 Å². The van der Waals surface area contributed by atoms with Gasteiger partial charge in [-0.2, -0.15) is 0 Å². The van der Waals surface area contributed by atoms with Crippen LogP contribution < -0.4 is 5.73 Å². The second-order valence-corrected chi connectivity index (χ2v) is 5.13. The Bertz CT molecular complexity index is 574. The van der Waals surface area contributed by atoms with Crippen LogP contribution >= 0.6 is 0 Å². The zero-order valence-electron chi connectivity index (χ0n) is 10.6. The molecule has 0 unspecified atom stereocenters. The molecule has 3 rings (SSSR count). The minimum atomic E-state index is -0.239. The molecule has 0 spiro atoms. The number of nitrogens with zero attached hydrogens (tertiary/aromatic N) is 1. The molecule has 1 aliphatic heterocycles. The lowest BCUT2D eigenvalue weighted by Crippen LogP contribution is -2.42. The summed E-state index contributed by atoms with van der Waals surface area (Å²) in [4.78, 5) is 4.52. The Hall–Kier alpha value is -1.45. The number of aromatic nitrogens is 1. The molecule has 0 amide bonds. The predicted octanol–water partition coefficient (Wildman–Crippen LogP) is 2.51. The smallest absolute Gasteiger partial charge is 0.0705 e. The average Bonchev–Trinajstić information content (AvgIpc) is 2.39. The van der Waals surface area contributed by atoms with Crippen LogP contribution in [0.3, 0.4) is 0 Å². The molecule has 1 saturated heterocycles. The van der Waals surface area contributed by atoms with Gasteiger partial charge in [-0.3, -0.25) is 4.98 Å². The first-order valence-corrected chi connectivity index (χ1v) is 6.42. The van der Waals surface area contributed by atoms with E-state index in [1.165, 1.54) is 5.56 Å². The third-order valence-corrected chi connectivity index (χ3v) is 3.79. The Balaban J connectivity index is 2.05. The van der Waals surface area contributed by atoms with Crippen molar-refractivity contribution >= 4 is 10.9 Å². The van der Waals surface area contributed by atoms with Crippen molar-refractivity contribution in [3.05, 3.63) is 41.6 Å². The Morgan fingerprint density at radius 3 is 2.72 bits per heavy atom. The van der Waals surface area contributed by atoms with E-state index in [2.05, 4.69) is 29.2 Å². The second kappa shape index (κ2) is 4.34. The highest BCUT2D eigenvalue weighted by molar-refractivity contribution is 5.79. The summed E-state index contributed by atoms with van der Waals surface area (Å²) in [6, 6.07) is 10.5. The highest BCUT2D eigenvalue weighted by Crippen LogP contribution is 2.31. The summed E-state index contributed by atoms with van der Waals surface area (Å²) in [5, 5.41) is 1.16. The van der Waals surface area contributed by atoms with Crippen LogP contribution in [0.5, 0.6) is 0 Å². The monoisotopic (exact) mass is 242 g/mol. The molecule has 0 saturated carbocycles. The average molecular weight is 242 g/mol. The normalized spacial score (nSPS) is 19.0. The summed E-state index contributed by atoms with van der Waals surface area (Å²) >= 11 is 0. The van der Waals surface area contributed by atoms with Crippen LogP contribution in [0.15, 0.2) is 30.3 Å². The largest absolute Gasteiger partial charge is 0.381 e. The Kier molecular flexibility index (Phi) is 2.80. The first kappa shape index (κ1) is 11.6. The molecule has 2 aromatic rings. The van der Waals surface area contributed by atoms with Gasteiger partial charge in [0.1, 0.15) is 0 Å². The van der Waals surface area contributed by atoms with E-state index >= 15 is 0 Å². The lowest BCUT2D eigenvalue weighted by molar-refractivity contribution is 0.0523. The Labute approximate surface area is 107 Å². The summed E-state index contributed by atoms with van der Waals surface area (Å²) in [6.45, 7) is 3.51. The Morgan fingerprint density at radius 2 is 1.94 bits per heavy atom. The SMILES string of the molecule is Cc1ccc2cc(C3(N)CCOCC3)ccc2n1. The van der Waals surface area contributed by atoms with Gasteiger partial charge in [-0.25, -0.2) is 0 Å². The van der Waals surface area contributed by atoms with E-state index in [9.17, 15) is 0 Å². The van der Waals surface area contributed by atoms with Crippen molar-refractivity contribution in [1.82, 2.24) is 4.98 Å². The molecule has 2 N–H and O–H groups in total. The van der Waals surface area contributed by atoms with Crippen LogP contribution in [0.4, 0.5) is 0 Å². The zero-order valence-corrected chi connectivity index (χ0v) is 10.6. The first-order chi connectivity index (χ1) is 8.67. The highest BCUT2D eigenvalue weighted by atomic mass is 16.5. The van der Waals surface area contributed by atoms with Gasteiger partial charge in [0.2, 0.25) is 0 Å². The maximum Gasteiger partial charge on any atom is 0.0705 e. The van der Waals surface area contributed by atoms with Gasteiger partial charge in [0.15, 0.2) is 0 Å². The fraction of sp³-hybridized carbons (Fsp3) is 0.400. The van der Waals surface area contributed by atoms with Crippen LogP contribution in [0.1, 0.15) is 24.1 Å². The third kappa shape index (κ3) is 2.00. The van der Waals surface area contributed by atoms with Crippen molar-refractivity contribution in [1.29, 1.82) is 0 Å². The molecule has 2 heterocycles.